The summed E-state index contributed by atoms with van der Waals surface area (Å²) in [5, 5.41) is 6.26. The molecule has 0 radical (unpaired) electrons. The number of nitrogens with zero attached hydrogens (tertiary/aromatic N) is 2. The van der Waals surface area contributed by atoms with E-state index < -0.39 is 23.6 Å². The summed E-state index contributed by atoms with van der Waals surface area (Å²) < 4.78 is 5.07. The lowest BCUT2D eigenvalue weighted by atomic mass is 10.1. The van der Waals surface area contributed by atoms with Crippen LogP contribution in [0.2, 0.25) is 0 Å². The molecular formula is C20H18N4O4S. The van der Waals surface area contributed by atoms with Gasteiger partial charge in [0, 0.05) is 11.8 Å². The Labute approximate surface area is 172 Å². The number of hydrogen-bond donors (Lipinski definition) is 2. The number of nitrogens with one attached hydrogen (secondary N) is 2. The van der Waals surface area contributed by atoms with Crippen molar-refractivity contribution in [3.05, 3.63) is 59.7 Å². The van der Waals surface area contributed by atoms with Crippen molar-refractivity contribution in [3.63, 3.8) is 0 Å². The molecule has 3 rings (SSSR count). The number of anilines is 1. The monoisotopic (exact) mass is 410 g/mol. The van der Waals surface area contributed by atoms with Crippen LogP contribution in [-0.4, -0.2) is 36.2 Å². The molecule has 0 saturated carbocycles. The Hall–Kier alpha value is -3.59. The van der Waals surface area contributed by atoms with Crippen molar-refractivity contribution in [2.24, 2.45) is 11.0 Å². The first kappa shape index (κ1) is 20.2. The zero-order chi connectivity index (χ0) is 21.0. The maximum atomic E-state index is 12.8. The summed E-state index contributed by atoms with van der Waals surface area (Å²) in [4.78, 5) is 38.4. The number of hydrogen-bond acceptors (Lipinski definition) is 6. The fourth-order valence-electron chi connectivity index (χ4n) is 2.66. The third-order valence-corrected chi connectivity index (χ3v) is 4.50. The molecule has 1 fully saturated rings. The van der Waals surface area contributed by atoms with E-state index in [-0.39, 0.29) is 5.11 Å². The predicted molar refractivity (Wildman–Crippen MR) is 112 cm³/mol. The van der Waals surface area contributed by atoms with Crippen LogP contribution in [0.5, 0.6) is 5.75 Å². The number of carbonyl (C=O) groups excluding carboxylic acids is 3. The average molecular weight is 410 g/mol. The minimum atomic E-state index is -1.23. The molecule has 9 heteroatoms. The average Bonchev–Trinajstić information content (AvgIpc) is 2.71. The smallest absolute Gasteiger partial charge is 0.271 e. The lowest BCUT2D eigenvalue weighted by Gasteiger charge is -2.30. The van der Waals surface area contributed by atoms with Crippen LogP contribution in [0.4, 0.5) is 5.69 Å². The van der Waals surface area contributed by atoms with Gasteiger partial charge in [0.2, 0.25) is 5.91 Å². The molecule has 2 N–H and O–H groups in total. The third-order valence-electron chi connectivity index (χ3n) is 4.22. The molecule has 0 bridgehead atoms. The summed E-state index contributed by atoms with van der Waals surface area (Å²) in [6.45, 7) is 1.92. The number of hydrazone groups is 1. The summed E-state index contributed by atoms with van der Waals surface area (Å²) in [7, 11) is 1.49. The zero-order valence-corrected chi connectivity index (χ0v) is 16.5. The van der Waals surface area contributed by atoms with Crippen molar-refractivity contribution >= 4 is 47.0 Å². The quantitative estimate of drug-likeness (QED) is 0.339. The van der Waals surface area contributed by atoms with E-state index in [0.717, 1.165) is 11.8 Å². The van der Waals surface area contributed by atoms with Gasteiger partial charge in [-0.2, -0.15) is 5.10 Å². The lowest BCUT2D eigenvalue weighted by Crippen LogP contribution is -2.58. The lowest BCUT2D eigenvalue weighted by molar-refractivity contribution is -0.130. The Morgan fingerprint density at radius 1 is 1.24 bits per heavy atom. The molecule has 0 unspecified atom stereocenters. The Balaban J connectivity index is 1.74. The van der Waals surface area contributed by atoms with Gasteiger partial charge in [0.05, 0.1) is 12.8 Å². The highest BCUT2D eigenvalue weighted by molar-refractivity contribution is 7.80. The highest BCUT2D eigenvalue weighted by atomic mass is 32.1. The van der Waals surface area contributed by atoms with E-state index in [1.54, 1.807) is 36.4 Å². The summed E-state index contributed by atoms with van der Waals surface area (Å²) in [6.07, 6.45) is 1.08. The van der Waals surface area contributed by atoms with Gasteiger partial charge in [-0.3, -0.25) is 19.3 Å². The van der Waals surface area contributed by atoms with Gasteiger partial charge in [-0.05, 0) is 49.5 Å². The number of methoxy groups -OCH3 is 1. The van der Waals surface area contributed by atoms with Crippen molar-refractivity contribution in [3.8, 4) is 5.75 Å². The largest absolute Gasteiger partial charge is 0.497 e. The normalized spacial score (nSPS) is 16.7. The summed E-state index contributed by atoms with van der Waals surface area (Å²) in [5.74, 6) is -2.38. The van der Waals surface area contributed by atoms with Crippen LogP contribution >= 0.6 is 12.2 Å². The molecule has 148 valence electrons. The van der Waals surface area contributed by atoms with Gasteiger partial charge in [-0.1, -0.05) is 23.8 Å². The van der Waals surface area contributed by atoms with Gasteiger partial charge in [0.1, 0.15) is 5.75 Å². The van der Waals surface area contributed by atoms with Crippen molar-refractivity contribution in [1.82, 2.24) is 10.7 Å². The number of carbonyl (C=O) groups is 3. The van der Waals surface area contributed by atoms with E-state index in [9.17, 15) is 14.4 Å². The highest BCUT2D eigenvalue weighted by Crippen LogP contribution is 2.20. The van der Waals surface area contributed by atoms with Crippen LogP contribution in [0, 0.1) is 12.8 Å². The first-order chi connectivity index (χ1) is 13.9. The molecule has 3 amide bonds. The minimum absolute atomic E-state index is 0.00563. The molecule has 8 nitrogen and oxygen atoms in total. The first-order valence-corrected chi connectivity index (χ1v) is 9.04. The van der Waals surface area contributed by atoms with Gasteiger partial charge >= 0.3 is 0 Å². The second-order valence-corrected chi connectivity index (χ2v) is 6.62. The van der Waals surface area contributed by atoms with Gasteiger partial charge in [0.25, 0.3) is 11.8 Å². The number of benzene rings is 2. The van der Waals surface area contributed by atoms with Crippen LogP contribution in [0.25, 0.3) is 0 Å². The van der Waals surface area contributed by atoms with Crippen LogP contribution in [-0.2, 0) is 9.59 Å². The molecule has 29 heavy (non-hydrogen) atoms. The molecule has 1 aliphatic heterocycles. The van der Waals surface area contributed by atoms with Gasteiger partial charge in [-0.25, -0.2) is 5.43 Å². The van der Waals surface area contributed by atoms with Crippen molar-refractivity contribution in [2.75, 3.05) is 12.0 Å². The molecular weight excluding hydrogens is 392 g/mol. The maximum Gasteiger partial charge on any atom is 0.271 e. The first-order valence-electron chi connectivity index (χ1n) is 8.63. The Morgan fingerprint density at radius 3 is 2.66 bits per heavy atom. The zero-order valence-electron chi connectivity index (χ0n) is 15.7. The van der Waals surface area contributed by atoms with Crippen LogP contribution in [0.15, 0.2) is 53.6 Å². The number of amides is 3. The summed E-state index contributed by atoms with van der Waals surface area (Å²) in [5.41, 5.74) is 4.18. The minimum Gasteiger partial charge on any atom is -0.497 e. The molecule has 1 heterocycles. The highest BCUT2D eigenvalue weighted by Gasteiger charge is 2.38. The molecule has 0 aromatic heterocycles. The fraction of sp³-hybridized carbons (Fsp3) is 0.150. The standard InChI is InChI=1S/C20H18N4O4S/c1-12-6-8-14(9-7-12)24-19(27)16(18(26)22-20(24)29)11-21-23-17(25)13-4-3-5-15(10-13)28-2/h3-11,16H,1-2H3,(H,23,25)(H,22,26,29)/b21-11+/t16-/m0/s1. The van der Waals surface area contributed by atoms with E-state index in [2.05, 4.69) is 15.8 Å². The van der Waals surface area contributed by atoms with Crippen molar-refractivity contribution in [2.45, 2.75) is 6.92 Å². The molecule has 1 atom stereocenters. The van der Waals surface area contributed by atoms with Crippen LogP contribution in [0.1, 0.15) is 15.9 Å². The maximum absolute atomic E-state index is 12.8. The SMILES string of the molecule is COc1cccc(C(=O)N/N=C/[C@H]2C(=O)NC(=S)N(c3ccc(C)cc3)C2=O)c1. The van der Waals surface area contributed by atoms with E-state index in [1.165, 1.54) is 12.0 Å². The molecule has 1 saturated heterocycles. The summed E-state index contributed by atoms with van der Waals surface area (Å²) >= 11 is 5.14. The van der Waals surface area contributed by atoms with E-state index in [0.29, 0.717) is 17.0 Å². The van der Waals surface area contributed by atoms with E-state index in [1.807, 2.05) is 19.1 Å². The van der Waals surface area contributed by atoms with Crippen molar-refractivity contribution < 1.29 is 19.1 Å². The third kappa shape index (κ3) is 4.46. The number of ether oxygens (including phenoxy) is 1. The predicted octanol–water partition coefficient (Wildman–Crippen LogP) is 1.78. The second-order valence-electron chi connectivity index (χ2n) is 6.23. The van der Waals surface area contributed by atoms with E-state index >= 15 is 0 Å². The van der Waals surface area contributed by atoms with Gasteiger partial charge in [0.15, 0.2) is 11.0 Å². The summed E-state index contributed by atoms with van der Waals surface area (Å²) in [6, 6.07) is 13.6. The molecule has 0 spiro atoms. The second kappa shape index (κ2) is 8.61. The number of rotatable bonds is 5. The molecule has 1 aliphatic rings. The number of thiocarbonyl (C=S) groups is 1. The Morgan fingerprint density at radius 2 is 1.97 bits per heavy atom. The molecule has 0 aliphatic carbocycles. The fourth-order valence-corrected chi connectivity index (χ4v) is 2.96. The van der Waals surface area contributed by atoms with Crippen LogP contribution < -0.4 is 20.4 Å². The number of aryl methyl sites for hydroxylation is 1. The van der Waals surface area contributed by atoms with Gasteiger partial charge in [-0.15, -0.1) is 0 Å². The molecule has 2 aromatic carbocycles. The Bertz CT molecular complexity index is 1000. The topological polar surface area (TPSA) is 100 Å². The Kier molecular flexibility index (Phi) is 5.99. The molecule has 2 aromatic rings. The van der Waals surface area contributed by atoms with Crippen LogP contribution in [0.3, 0.4) is 0 Å². The van der Waals surface area contributed by atoms with Crippen molar-refractivity contribution in [1.29, 1.82) is 0 Å². The van der Waals surface area contributed by atoms with E-state index in [4.69, 9.17) is 17.0 Å². The van der Waals surface area contributed by atoms with Gasteiger partial charge < -0.3 is 10.1 Å².